The van der Waals surface area contributed by atoms with Crippen molar-refractivity contribution in [3.05, 3.63) is 0 Å². The summed E-state index contributed by atoms with van der Waals surface area (Å²) in [6.07, 6.45) is 20.4. The summed E-state index contributed by atoms with van der Waals surface area (Å²) in [5.41, 5.74) is 0. The molecule has 5 nitrogen and oxygen atoms in total. The topological polar surface area (TPSA) is 49.9 Å². The maximum atomic E-state index is 14.8. The van der Waals surface area contributed by atoms with Crippen molar-refractivity contribution in [3.8, 4) is 0 Å². The number of hydrogen-bond acceptors (Lipinski definition) is 3. The molecule has 2 aliphatic rings. The fraction of sp³-hybridized carbons (Fsp3) is 0.950. The minimum atomic E-state index is -0.322. The summed E-state index contributed by atoms with van der Waals surface area (Å²) in [7, 11) is 0. The van der Waals surface area contributed by atoms with Gasteiger partial charge in [0.1, 0.15) is 0 Å². The van der Waals surface area contributed by atoms with Crippen LogP contribution >= 0.6 is 0 Å². The Morgan fingerprint density at radius 3 is 1.00 bits per heavy atom. The summed E-state index contributed by atoms with van der Waals surface area (Å²) >= 11 is 0. The molecule has 8 atom stereocenters. The zero-order valence-corrected chi connectivity index (χ0v) is 31.3. The standard InChI is InChI=1S/C40H76N2O3/c1-9-17-21-31(13-5)27-41(28-32(14-6)22-18-10-2)39(43)37-35-25-26-36(45-35)38(37)40(44)42(29-33(15-7)23-19-11-3)30-34(16-8)24-20-12-4/h31-38H,9-30H2,1-8H3/t31?,32?,33?,34?,35-,36+,37-,38+. The second-order valence-corrected chi connectivity index (χ2v) is 15.0. The first-order valence-electron chi connectivity index (χ1n) is 20.0. The maximum Gasteiger partial charge on any atom is 0.229 e. The third-order valence-corrected chi connectivity index (χ3v) is 11.6. The predicted molar refractivity (Wildman–Crippen MR) is 191 cm³/mol. The maximum absolute atomic E-state index is 14.8. The second kappa shape index (κ2) is 22.5. The van der Waals surface area contributed by atoms with Gasteiger partial charge in [-0.3, -0.25) is 9.59 Å². The van der Waals surface area contributed by atoms with E-state index in [1.165, 1.54) is 77.0 Å². The van der Waals surface area contributed by atoms with E-state index in [0.29, 0.717) is 23.7 Å². The Morgan fingerprint density at radius 2 is 0.778 bits per heavy atom. The largest absolute Gasteiger partial charge is 0.373 e. The molecule has 0 N–H and O–H groups in total. The normalized spacial score (nSPS) is 23.6. The van der Waals surface area contributed by atoms with Crippen molar-refractivity contribution < 1.29 is 14.3 Å². The molecular formula is C40H76N2O3. The van der Waals surface area contributed by atoms with E-state index in [-0.39, 0.29) is 35.9 Å². The van der Waals surface area contributed by atoms with Crippen LogP contribution in [-0.2, 0) is 14.3 Å². The van der Waals surface area contributed by atoms with Crippen LogP contribution in [0.3, 0.4) is 0 Å². The highest BCUT2D eigenvalue weighted by Crippen LogP contribution is 2.46. The Hall–Kier alpha value is -1.10. The van der Waals surface area contributed by atoms with Gasteiger partial charge < -0.3 is 14.5 Å². The highest BCUT2D eigenvalue weighted by Gasteiger charge is 2.57. The number of nitrogens with zero attached hydrogens (tertiary/aromatic N) is 2. The number of carbonyl (C=O) groups excluding carboxylic acids is 2. The molecule has 2 bridgehead atoms. The third-order valence-electron chi connectivity index (χ3n) is 11.6. The Balaban J connectivity index is 2.41. The highest BCUT2D eigenvalue weighted by molar-refractivity contribution is 5.89. The molecule has 2 amide bonds. The summed E-state index contributed by atoms with van der Waals surface area (Å²) in [5, 5.41) is 0. The van der Waals surface area contributed by atoms with Crippen LogP contribution < -0.4 is 0 Å². The monoisotopic (exact) mass is 633 g/mol. The fourth-order valence-electron chi connectivity index (χ4n) is 8.15. The molecule has 0 radical (unpaired) electrons. The summed E-state index contributed by atoms with van der Waals surface area (Å²) in [6.45, 7) is 21.5. The summed E-state index contributed by atoms with van der Waals surface area (Å²) in [6, 6.07) is 0. The number of carbonyl (C=O) groups is 2. The molecular weight excluding hydrogens is 556 g/mol. The molecule has 45 heavy (non-hydrogen) atoms. The van der Waals surface area contributed by atoms with Crippen molar-refractivity contribution in [1.29, 1.82) is 0 Å². The molecule has 2 rings (SSSR count). The molecule has 2 fully saturated rings. The number of fused-ring (bicyclic) bond motifs is 2. The minimum Gasteiger partial charge on any atom is -0.373 e. The van der Waals surface area contributed by atoms with Crippen molar-refractivity contribution >= 4 is 11.8 Å². The van der Waals surface area contributed by atoms with E-state index in [0.717, 1.165) is 64.7 Å². The van der Waals surface area contributed by atoms with E-state index < -0.39 is 0 Å². The number of unbranched alkanes of at least 4 members (excludes halogenated alkanes) is 4. The molecule has 5 heteroatoms. The van der Waals surface area contributed by atoms with Gasteiger partial charge in [-0.1, -0.05) is 132 Å². The van der Waals surface area contributed by atoms with Crippen molar-refractivity contribution in [3.63, 3.8) is 0 Å². The Morgan fingerprint density at radius 1 is 0.511 bits per heavy atom. The van der Waals surface area contributed by atoms with Crippen molar-refractivity contribution in [2.75, 3.05) is 26.2 Å². The van der Waals surface area contributed by atoms with Gasteiger partial charge in [0.15, 0.2) is 0 Å². The average molecular weight is 633 g/mol. The van der Waals surface area contributed by atoms with Crippen LogP contribution in [0.5, 0.6) is 0 Å². The Bertz CT molecular complexity index is 702. The van der Waals surface area contributed by atoms with Gasteiger partial charge in [-0.25, -0.2) is 0 Å². The molecule has 0 aromatic carbocycles. The first-order chi connectivity index (χ1) is 21.8. The molecule has 0 aromatic heterocycles. The number of ether oxygens (including phenoxy) is 1. The van der Waals surface area contributed by atoms with Crippen LogP contribution in [0.2, 0.25) is 0 Å². The van der Waals surface area contributed by atoms with Gasteiger partial charge in [0, 0.05) is 26.2 Å². The molecule has 4 unspecified atom stereocenters. The van der Waals surface area contributed by atoms with Gasteiger partial charge in [0.2, 0.25) is 11.8 Å². The first-order valence-corrected chi connectivity index (χ1v) is 20.0. The average Bonchev–Trinajstić information content (AvgIpc) is 3.68. The van der Waals surface area contributed by atoms with E-state index in [1.807, 2.05) is 0 Å². The number of rotatable bonds is 26. The molecule has 2 heterocycles. The van der Waals surface area contributed by atoms with Crippen LogP contribution in [-0.4, -0.2) is 60.0 Å². The van der Waals surface area contributed by atoms with Crippen molar-refractivity contribution in [1.82, 2.24) is 9.80 Å². The molecule has 2 saturated heterocycles. The minimum absolute atomic E-state index is 0.101. The van der Waals surface area contributed by atoms with Crippen molar-refractivity contribution in [2.24, 2.45) is 35.5 Å². The molecule has 0 aliphatic carbocycles. The lowest BCUT2D eigenvalue weighted by molar-refractivity contribution is -0.148. The third kappa shape index (κ3) is 12.5. The molecule has 264 valence electrons. The SMILES string of the molecule is CCCCC(CC)CN(CC(CC)CCCC)C(=O)[C@@H]1[C@H](C(=O)N(CC(CC)CCCC)CC(CC)CCCC)[C@H]2CC[C@@H]1O2. The van der Waals surface area contributed by atoms with E-state index in [9.17, 15) is 9.59 Å². The zero-order chi connectivity index (χ0) is 33.2. The lowest BCUT2D eigenvalue weighted by Gasteiger charge is -2.38. The molecule has 0 aromatic rings. The number of amides is 2. The highest BCUT2D eigenvalue weighted by atomic mass is 16.5. The van der Waals surface area contributed by atoms with Gasteiger partial charge in [0.25, 0.3) is 0 Å². The van der Waals surface area contributed by atoms with E-state index in [1.54, 1.807) is 0 Å². The number of hydrogen-bond donors (Lipinski definition) is 0. The summed E-state index contributed by atoms with van der Waals surface area (Å²) in [5.74, 6) is 1.90. The zero-order valence-electron chi connectivity index (χ0n) is 31.3. The lowest BCUT2D eigenvalue weighted by atomic mass is 9.77. The molecule has 2 aliphatic heterocycles. The van der Waals surface area contributed by atoms with Gasteiger partial charge in [0.05, 0.1) is 24.0 Å². The quantitative estimate of drug-likeness (QED) is 0.0953. The lowest BCUT2D eigenvalue weighted by Crippen LogP contribution is -2.52. The fourth-order valence-corrected chi connectivity index (χ4v) is 8.15. The second-order valence-electron chi connectivity index (χ2n) is 15.0. The van der Waals surface area contributed by atoms with Crippen LogP contribution in [0, 0.1) is 35.5 Å². The van der Waals surface area contributed by atoms with E-state index in [2.05, 4.69) is 65.2 Å². The van der Waals surface area contributed by atoms with Gasteiger partial charge >= 0.3 is 0 Å². The van der Waals surface area contributed by atoms with E-state index in [4.69, 9.17) is 4.74 Å². The van der Waals surface area contributed by atoms with Crippen LogP contribution in [0.4, 0.5) is 0 Å². The van der Waals surface area contributed by atoms with Crippen LogP contribution in [0.1, 0.15) is 171 Å². The predicted octanol–water partition coefficient (Wildman–Crippen LogP) is 10.3. The van der Waals surface area contributed by atoms with E-state index >= 15 is 0 Å². The smallest absolute Gasteiger partial charge is 0.229 e. The van der Waals surface area contributed by atoms with Crippen LogP contribution in [0.15, 0.2) is 0 Å². The molecule has 0 saturated carbocycles. The molecule has 0 spiro atoms. The Kier molecular flexibility index (Phi) is 20.0. The summed E-state index contributed by atoms with van der Waals surface area (Å²) < 4.78 is 6.53. The Labute approximate surface area is 280 Å². The van der Waals surface area contributed by atoms with Gasteiger partial charge in [-0.05, 0) is 62.2 Å². The first kappa shape index (κ1) is 40.1. The van der Waals surface area contributed by atoms with Gasteiger partial charge in [-0.2, -0.15) is 0 Å². The van der Waals surface area contributed by atoms with Crippen molar-refractivity contribution in [2.45, 2.75) is 183 Å². The summed E-state index contributed by atoms with van der Waals surface area (Å²) in [4.78, 5) is 34.1. The van der Waals surface area contributed by atoms with Crippen LogP contribution in [0.25, 0.3) is 0 Å². The van der Waals surface area contributed by atoms with Gasteiger partial charge in [-0.15, -0.1) is 0 Å².